The summed E-state index contributed by atoms with van der Waals surface area (Å²) in [5.41, 5.74) is 5.25. The fourth-order valence-corrected chi connectivity index (χ4v) is 1.17. The smallest absolute Gasteiger partial charge is 0.161 e. The zero-order chi connectivity index (χ0) is 11.8. The predicted molar refractivity (Wildman–Crippen MR) is 64.3 cm³/mol. The summed E-state index contributed by atoms with van der Waals surface area (Å²) in [6, 6.07) is 7.52. The predicted octanol–water partition coefficient (Wildman–Crippen LogP) is 2.18. The highest BCUT2D eigenvalue weighted by molar-refractivity contribution is 5.76. The van der Waals surface area contributed by atoms with E-state index in [9.17, 15) is 0 Å². The van der Waals surface area contributed by atoms with Gasteiger partial charge in [0.25, 0.3) is 0 Å². The van der Waals surface area contributed by atoms with Crippen molar-refractivity contribution in [1.82, 2.24) is 0 Å². The van der Waals surface area contributed by atoms with Gasteiger partial charge in [0.15, 0.2) is 11.5 Å². The van der Waals surface area contributed by atoms with E-state index in [2.05, 4.69) is 6.92 Å². The third-order valence-electron chi connectivity index (χ3n) is 1.94. The van der Waals surface area contributed by atoms with Crippen LogP contribution in [0.2, 0.25) is 0 Å². The van der Waals surface area contributed by atoms with Crippen molar-refractivity contribution in [3.05, 3.63) is 24.3 Å². The van der Waals surface area contributed by atoms with Gasteiger partial charge in [-0.3, -0.25) is 5.41 Å². The first-order valence-electron chi connectivity index (χ1n) is 5.41. The lowest BCUT2D eigenvalue weighted by atomic mass is 10.3. The van der Waals surface area contributed by atoms with E-state index in [0.717, 1.165) is 12.2 Å². The summed E-state index contributed by atoms with van der Waals surface area (Å²) < 4.78 is 11.0. The lowest BCUT2D eigenvalue weighted by molar-refractivity contribution is 0.273. The van der Waals surface area contributed by atoms with Gasteiger partial charge >= 0.3 is 0 Å². The van der Waals surface area contributed by atoms with E-state index in [4.69, 9.17) is 20.6 Å². The maximum Gasteiger partial charge on any atom is 0.161 e. The Morgan fingerprint density at radius 1 is 1.19 bits per heavy atom. The van der Waals surface area contributed by atoms with Crippen LogP contribution in [0.3, 0.4) is 0 Å². The molecule has 1 aromatic rings. The fourth-order valence-electron chi connectivity index (χ4n) is 1.17. The van der Waals surface area contributed by atoms with Crippen molar-refractivity contribution in [2.45, 2.75) is 19.8 Å². The highest BCUT2D eigenvalue weighted by Gasteiger charge is 2.03. The summed E-state index contributed by atoms with van der Waals surface area (Å²) in [7, 11) is 0. The minimum Gasteiger partial charge on any atom is -0.490 e. The first kappa shape index (κ1) is 12.4. The molecule has 0 saturated heterocycles. The molecule has 0 heterocycles. The molecule has 0 unspecified atom stereocenters. The molecule has 0 aliphatic rings. The van der Waals surface area contributed by atoms with Gasteiger partial charge in [-0.15, -0.1) is 0 Å². The number of para-hydroxylation sites is 2. The van der Waals surface area contributed by atoms with Gasteiger partial charge in [-0.05, 0) is 18.6 Å². The number of ether oxygens (including phenoxy) is 2. The molecule has 0 saturated carbocycles. The SMILES string of the molecule is CCCOc1ccccc1OCCC(=N)N. The van der Waals surface area contributed by atoms with Crippen LogP contribution in [0.15, 0.2) is 24.3 Å². The average molecular weight is 222 g/mol. The van der Waals surface area contributed by atoms with Crippen molar-refractivity contribution in [3.63, 3.8) is 0 Å². The Bertz CT molecular complexity index is 340. The minimum absolute atomic E-state index is 0.131. The quantitative estimate of drug-likeness (QED) is 0.549. The maximum absolute atomic E-state index is 7.09. The molecule has 0 aliphatic carbocycles. The highest BCUT2D eigenvalue weighted by atomic mass is 16.5. The van der Waals surface area contributed by atoms with Crippen molar-refractivity contribution in [2.24, 2.45) is 5.73 Å². The third-order valence-corrected chi connectivity index (χ3v) is 1.94. The van der Waals surface area contributed by atoms with Crippen LogP contribution >= 0.6 is 0 Å². The number of hydrogen-bond acceptors (Lipinski definition) is 3. The van der Waals surface area contributed by atoms with E-state index < -0.39 is 0 Å². The van der Waals surface area contributed by atoms with Gasteiger partial charge in [-0.2, -0.15) is 0 Å². The van der Waals surface area contributed by atoms with Gasteiger partial charge < -0.3 is 15.2 Å². The maximum atomic E-state index is 7.09. The van der Waals surface area contributed by atoms with Gasteiger partial charge in [0.05, 0.1) is 19.0 Å². The van der Waals surface area contributed by atoms with E-state index in [1.807, 2.05) is 24.3 Å². The summed E-state index contributed by atoms with van der Waals surface area (Å²) in [5, 5.41) is 7.09. The van der Waals surface area contributed by atoms with Gasteiger partial charge in [0.2, 0.25) is 0 Å². The Labute approximate surface area is 95.9 Å². The number of benzene rings is 1. The summed E-state index contributed by atoms with van der Waals surface area (Å²) in [5.74, 6) is 1.58. The standard InChI is InChI=1S/C12H18N2O2/c1-2-8-15-10-5-3-4-6-11(10)16-9-7-12(13)14/h3-6H,2,7-9H2,1H3,(H3,13,14). The molecule has 88 valence electrons. The molecule has 1 rings (SSSR count). The van der Waals surface area contributed by atoms with Gasteiger partial charge in [-0.1, -0.05) is 19.1 Å². The van der Waals surface area contributed by atoms with Crippen molar-refractivity contribution in [1.29, 1.82) is 5.41 Å². The van der Waals surface area contributed by atoms with Gasteiger partial charge in [0.1, 0.15) is 0 Å². The molecule has 4 nitrogen and oxygen atoms in total. The van der Waals surface area contributed by atoms with Crippen LogP contribution in [0.25, 0.3) is 0 Å². The zero-order valence-electron chi connectivity index (χ0n) is 9.53. The molecular weight excluding hydrogens is 204 g/mol. The van der Waals surface area contributed by atoms with Crippen molar-refractivity contribution >= 4 is 5.84 Å². The normalized spacial score (nSPS) is 9.81. The zero-order valence-corrected chi connectivity index (χ0v) is 9.53. The minimum atomic E-state index is 0.131. The lowest BCUT2D eigenvalue weighted by Crippen LogP contribution is -2.14. The Morgan fingerprint density at radius 3 is 2.25 bits per heavy atom. The third kappa shape index (κ3) is 4.21. The van der Waals surface area contributed by atoms with Crippen LogP contribution in [-0.2, 0) is 0 Å². The Kier molecular flexibility index (Phi) is 5.19. The molecule has 4 heteroatoms. The van der Waals surface area contributed by atoms with E-state index in [0.29, 0.717) is 25.4 Å². The first-order chi connectivity index (χ1) is 7.74. The molecule has 16 heavy (non-hydrogen) atoms. The van der Waals surface area contributed by atoms with Crippen molar-refractivity contribution in [2.75, 3.05) is 13.2 Å². The number of nitrogens with one attached hydrogen (secondary N) is 1. The van der Waals surface area contributed by atoms with Gasteiger partial charge in [-0.25, -0.2) is 0 Å². The summed E-state index contributed by atoms with van der Waals surface area (Å²) in [4.78, 5) is 0. The van der Waals surface area contributed by atoms with Crippen LogP contribution in [0, 0.1) is 5.41 Å². The average Bonchev–Trinajstić information content (AvgIpc) is 2.27. The number of rotatable bonds is 7. The Balaban J connectivity index is 2.52. The molecule has 0 aliphatic heterocycles. The fraction of sp³-hybridized carbons (Fsp3) is 0.417. The second-order valence-electron chi connectivity index (χ2n) is 3.42. The van der Waals surface area contributed by atoms with Gasteiger partial charge in [0, 0.05) is 6.42 Å². The largest absolute Gasteiger partial charge is 0.490 e. The van der Waals surface area contributed by atoms with E-state index in [1.54, 1.807) is 0 Å². The highest BCUT2D eigenvalue weighted by Crippen LogP contribution is 2.26. The second-order valence-corrected chi connectivity index (χ2v) is 3.42. The van der Waals surface area contributed by atoms with Crippen LogP contribution in [0.4, 0.5) is 0 Å². The lowest BCUT2D eigenvalue weighted by Gasteiger charge is -2.11. The van der Waals surface area contributed by atoms with Crippen LogP contribution in [0.5, 0.6) is 11.5 Å². The molecule has 0 amide bonds. The molecule has 0 aromatic heterocycles. The first-order valence-corrected chi connectivity index (χ1v) is 5.41. The molecule has 0 spiro atoms. The number of amidine groups is 1. The molecular formula is C12H18N2O2. The van der Waals surface area contributed by atoms with E-state index >= 15 is 0 Å². The van der Waals surface area contributed by atoms with E-state index in [-0.39, 0.29) is 5.84 Å². The van der Waals surface area contributed by atoms with Crippen LogP contribution in [0.1, 0.15) is 19.8 Å². The number of hydrogen-bond donors (Lipinski definition) is 2. The number of nitrogens with two attached hydrogens (primary N) is 1. The monoisotopic (exact) mass is 222 g/mol. The Hall–Kier alpha value is -1.71. The molecule has 0 radical (unpaired) electrons. The molecule has 0 bridgehead atoms. The summed E-state index contributed by atoms with van der Waals surface area (Å²) >= 11 is 0. The molecule has 0 atom stereocenters. The topological polar surface area (TPSA) is 68.3 Å². The van der Waals surface area contributed by atoms with E-state index in [1.165, 1.54) is 0 Å². The van der Waals surface area contributed by atoms with Crippen molar-refractivity contribution in [3.8, 4) is 11.5 Å². The van der Waals surface area contributed by atoms with Crippen LogP contribution in [-0.4, -0.2) is 19.0 Å². The molecule has 3 N–H and O–H groups in total. The second kappa shape index (κ2) is 6.71. The summed E-state index contributed by atoms with van der Waals surface area (Å²) in [6.45, 7) is 3.13. The molecule has 0 fully saturated rings. The summed E-state index contributed by atoms with van der Waals surface area (Å²) in [6.07, 6.45) is 1.39. The molecule has 1 aromatic carbocycles. The van der Waals surface area contributed by atoms with Crippen molar-refractivity contribution < 1.29 is 9.47 Å². The van der Waals surface area contributed by atoms with Crippen LogP contribution < -0.4 is 15.2 Å². The Morgan fingerprint density at radius 2 is 1.75 bits per heavy atom.